The Labute approximate surface area is 111 Å². The highest BCUT2D eigenvalue weighted by atomic mass is 35.5. The van der Waals surface area contributed by atoms with Gasteiger partial charge in [-0.15, -0.1) is 0 Å². The number of rotatable bonds is 4. The maximum atomic E-state index is 6.24. The standard InChI is InChI=1S/C13H16ClN3O/c1-3-11-13(14)12(17(2)16-11)8-18-10-6-4-9(15)5-7-10/h4-7H,3,8,15H2,1-2H3. The number of hydrogen-bond donors (Lipinski definition) is 1. The molecule has 1 heterocycles. The second-order valence-electron chi connectivity index (χ2n) is 4.04. The van der Waals surface area contributed by atoms with Gasteiger partial charge in [-0.25, -0.2) is 0 Å². The Hall–Kier alpha value is -1.68. The number of ether oxygens (including phenoxy) is 1. The monoisotopic (exact) mass is 265 g/mol. The van der Waals surface area contributed by atoms with Crippen LogP contribution in [0.25, 0.3) is 0 Å². The lowest BCUT2D eigenvalue weighted by atomic mass is 10.3. The predicted molar refractivity (Wildman–Crippen MR) is 72.8 cm³/mol. The number of aromatic nitrogens is 2. The van der Waals surface area contributed by atoms with Gasteiger partial charge in [0.2, 0.25) is 0 Å². The van der Waals surface area contributed by atoms with Crippen molar-refractivity contribution in [3.63, 3.8) is 0 Å². The van der Waals surface area contributed by atoms with Crippen LogP contribution in [0.2, 0.25) is 5.02 Å². The van der Waals surface area contributed by atoms with Gasteiger partial charge in [-0.3, -0.25) is 4.68 Å². The maximum Gasteiger partial charge on any atom is 0.131 e. The minimum atomic E-state index is 0.395. The summed E-state index contributed by atoms with van der Waals surface area (Å²) in [6, 6.07) is 7.27. The molecule has 0 atom stereocenters. The van der Waals surface area contributed by atoms with Crippen LogP contribution in [0.5, 0.6) is 5.75 Å². The number of nitrogens with zero attached hydrogens (tertiary/aromatic N) is 2. The van der Waals surface area contributed by atoms with Crippen LogP contribution in [0.1, 0.15) is 18.3 Å². The second-order valence-corrected chi connectivity index (χ2v) is 4.42. The van der Waals surface area contributed by atoms with Crippen LogP contribution in [0.4, 0.5) is 5.69 Å². The van der Waals surface area contributed by atoms with E-state index in [-0.39, 0.29) is 0 Å². The van der Waals surface area contributed by atoms with E-state index in [4.69, 9.17) is 22.1 Å². The van der Waals surface area contributed by atoms with Gasteiger partial charge in [0, 0.05) is 12.7 Å². The van der Waals surface area contributed by atoms with E-state index < -0.39 is 0 Å². The second kappa shape index (κ2) is 5.31. The Morgan fingerprint density at radius 1 is 1.33 bits per heavy atom. The van der Waals surface area contributed by atoms with Gasteiger partial charge in [0.1, 0.15) is 12.4 Å². The Bertz CT molecular complexity index is 534. The van der Waals surface area contributed by atoms with Crippen molar-refractivity contribution in [2.24, 2.45) is 7.05 Å². The van der Waals surface area contributed by atoms with Crippen molar-refractivity contribution in [2.45, 2.75) is 20.0 Å². The van der Waals surface area contributed by atoms with Crippen LogP contribution in [0.3, 0.4) is 0 Å². The highest BCUT2D eigenvalue weighted by molar-refractivity contribution is 6.31. The van der Waals surface area contributed by atoms with Crippen LogP contribution in [0.15, 0.2) is 24.3 Å². The first-order valence-electron chi connectivity index (χ1n) is 5.80. The Morgan fingerprint density at radius 3 is 2.56 bits per heavy atom. The van der Waals surface area contributed by atoms with E-state index in [2.05, 4.69) is 5.10 Å². The molecular weight excluding hydrogens is 250 g/mol. The molecule has 96 valence electrons. The first kappa shape index (κ1) is 12.8. The molecule has 2 aromatic rings. The molecule has 5 heteroatoms. The van der Waals surface area contributed by atoms with E-state index in [0.717, 1.165) is 23.6 Å². The molecule has 0 amide bonds. The molecule has 0 saturated heterocycles. The molecule has 2 N–H and O–H groups in total. The topological polar surface area (TPSA) is 53.1 Å². The van der Waals surface area contributed by atoms with Crippen LogP contribution >= 0.6 is 11.6 Å². The molecule has 0 spiro atoms. The Morgan fingerprint density at radius 2 is 2.00 bits per heavy atom. The maximum absolute atomic E-state index is 6.24. The summed E-state index contributed by atoms with van der Waals surface area (Å²) in [6.07, 6.45) is 0.814. The lowest BCUT2D eigenvalue weighted by molar-refractivity contribution is 0.295. The van der Waals surface area contributed by atoms with Crippen LogP contribution in [-0.2, 0) is 20.1 Å². The molecule has 18 heavy (non-hydrogen) atoms. The third kappa shape index (κ3) is 2.59. The van der Waals surface area contributed by atoms with E-state index >= 15 is 0 Å². The van der Waals surface area contributed by atoms with E-state index in [9.17, 15) is 0 Å². The van der Waals surface area contributed by atoms with Crippen LogP contribution in [0, 0.1) is 0 Å². The summed E-state index contributed by atoms with van der Waals surface area (Å²) in [5.74, 6) is 0.763. The molecular formula is C13H16ClN3O. The summed E-state index contributed by atoms with van der Waals surface area (Å²) in [5, 5.41) is 5.03. The third-order valence-electron chi connectivity index (χ3n) is 2.76. The molecule has 0 fully saturated rings. The minimum absolute atomic E-state index is 0.395. The van der Waals surface area contributed by atoms with E-state index in [1.54, 1.807) is 16.8 Å². The normalized spacial score (nSPS) is 10.6. The third-order valence-corrected chi connectivity index (χ3v) is 3.19. The summed E-state index contributed by atoms with van der Waals surface area (Å²) in [5.41, 5.74) is 8.11. The number of hydrogen-bond acceptors (Lipinski definition) is 3. The zero-order chi connectivity index (χ0) is 13.1. The smallest absolute Gasteiger partial charge is 0.131 e. The van der Waals surface area contributed by atoms with Crippen molar-refractivity contribution < 1.29 is 4.74 Å². The average Bonchev–Trinajstić information content (AvgIpc) is 2.64. The molecule has 0 radical (unpaired) electrons. The Kier molecular flexibility index (Phi) is 3.77. The lowest BCUT2D eigenvalue weighted by Crippen LogP contribution is -2.03. The average molecular weight is 266 g/mol. The number of nitrogens with two attached hydrogens (primary N) is 1. The summed E-state index contributed by atoms with van der Waals surface area (Å²) >= 11 is 6.24. The highest BCUT2D eigenvalue weighted by Gasteiger charge is 2.13. The fraction of sp³-hybridized carbons (Fsp3) is 0.308. The van der Waals surface area contributed by atoms with Gasteiger partial charge in [0.05, 0.1) is 16.4 Å². The predicted octanol–water partition coefficient (Wildman–Crippen LogP) is 2.80. The molecule has 0 bridgehead atoms. The SMILES string of the molecule is CCc1nn(C)c(COc2ccc(N)cc2)c1Cl. The van der Waals surface area contributed by atoms with Crippen LogP contribution < -0.4 is 10.5 Å². The molecule has 0 aliphatic heterocycles. The molecule has 0 saturated carbocycles. The number of halogens is 1. The van der Waals surface area contributed by atoms with E-state index in [1.807, 2.05) is 26.1 Å². The summed E-state index contributed by atoms with van der Waals surface area (Å²) < 4.78 is 7.43. The first-order chi connectivity index (χ1) is 8.61. The van der Waals surface area contributed by atoms with E-state index in [1.165, 1.54) is 0 Å². The van der Waals surface area contributed by atoms with Crippen molar-refractivity contribution in [3.8, 4) is 5.75 Å². The number of nitrogen functional groups attached to an aromatic ring is 1. The van der Waals surface area contributed by atoms with Crippen molar-refractivity contribution in [2.75, 3.05) is 5.73 Å². The van der Waals surface area contributed by atoms with Crippen molar-refractivity contribution in [1.82, 2.24) is 9.78 Å². The highest BCUT2D eigenvalue weighted by Crippen LogP contribution is 2.22. The molecule has 1 aromatic carbocycles. The fourth-order valence-corrected chi connectivity index (χ4v) is 2.04. The van der Waals surface area contributed by atoms with Gasteiger partial charge in [0.25, 0.3) is 0 Å². The van der Waals surface area contributed by atoms with Gasteiger partial charge >= 0.3 is 0 Å². The zero-order valence-electron chi connectivity index (χ0n) is 10.5. The largest absolute Gasteiger partial charge is 0.487 e. The zero-order valence-corrected chi connectivity index (χ0v) is 11.2. The molecule has 2 rings (SSSR count). The van der Waals surface area contributed by atoms with Gasteiger partial charge in [-0.1, -0.05) is 18.5 Å². The van der Waals surface area contributed by atoms with Gasteiger partial charge in [0.15, 0.2) is 0 Å². The first-order valence-corrected chi connectivity index (χ1v) is 6.18. The Balaban J connectivity index is 2.10. The molecule has 0 unspecified atom stereocenters. The number of anilines is 1. The molecule has 4 nitrogen and oxygen atoms in total. The van der Waals surface area contributed by atoms with Crippen molar-refractivity contribution in [3.05, 3.63) is 40.7 Å². The molecule has 0 aliphatic rings. The van der Waals surface area contributed by atoms with Gasteiger partial charge in [-0.2, -0.15) is 5.10 Å². The summed E-state index contributed by atoms with van der Waals surface area (Å²) in [4.78, 5) is 0. The summed E-state index contributed by atoms with van der Waals surface area (Å²) in [6.45, 7) is 2.42. The fourth-order valence-electron chi connectivity index (χ4n) is 1.69. The van der Waals surface area contributed by atoms with Crippen molar-refractivity contribution in [1.29, 1.82) is 0 Å². The molecule has 1 aromatic heterocycles. The molecule has 0 aliphatic carbocycles. The van der Waals surface area contributed by atoms with Crippen LogP contribution in [-0.4, -0.2) is 9.78 Å². The summed E-state index contributed by atoms with van der Waals surface area (Å²) in [7, 11) is 1.87. The van der Waals surface area contributed by atoms with E-state index in [0.29, 0.717) is 17.3 Å². The lowest BCUT2D eigenvalue weighted by Gasteiger charge is -2.07. The van der Waals surface area contributed by atoms with Gasteiger partial charge in [-0.05, 0) is 30.7 Å². The quantitative estimate of drug-likeness (QED) is 0.865. The number of benzene rings is 1. The number of aryl methyl sites for hydroxylation is 2. The van der Waals surface area contributed by atoms with Gasteiger partial charge < -0.3 is 10.5 Å². The van der Waals surface area contributed by atoms with Crippen molar-refractivity contribution >= 4 is 17.3 Å². The minimum Gasteiger partial charge on any atom is -0.487 e.